The molecule has 1 heterocycles. The zero-order chi connectivity index (χ0) is 25.0. The summed E-state index contributed by atoms with van der Waals surface area (Å²) in [5.41, 5.74) is 1.36. The predicted molar refractivity (Wildman–Crippen MR) is 129 cm³/mol. The Bertz CT molecular complexity index is 1010. The summed E-state index contributed by atoms with van der Waals surface area (Å²) in [6.07, 6.45) is 3.27. The fourth-order valence-corrected chi connectivity index (χ4v) is 3.81. The van der Waals surface area contributed by atoms with Gasteiger partial charge in [-0.05, 0) is 61.9 Å². The van der Waals surface area contributed by atoms with E-state index >= 15 is 0 Å². The third-order valence-electron chi connectivity index (χ3n) is 5.73. The molecule has 1 aliphatic rings. The number of benzene rings is 2. The Morgan fingerprint density at radius 2 is 1.91 bits per heavy atom. The highest BCUT2D eigenvalue weighted by atomic mass is 19.1. The van der Waals surface area contributed by atoms with E-state index in [-0.39, 0.29) is 43.1 Å². The third-order valence-corrected chi connectivity index (χ3v) is 5.73. The van der Waals surface area contributed by atoms with E-state index in [1.54, 1.807) is 30.3 Å². The number of aryl methyl sites for hydroxylation is 1. The first-order valence-electron chi connectivity index (χ1n) is 11.9. The Hall–Kier alpha value is -3.62. The van der Waals surface area contributed by atoms with Gasteiger partial charge in [0.2, 0.25) is 11.8 Å². The van der Waals surface area contributed by atoms with Crippen molar-refractivity contribution in [3.8, 4) is 11.5 Å². The number of amides is 3. The van der Waals surface area contributed by atoms with E-state index in [0.717, 1.165) is 5.56 Å². The van der Waals surface area contributed by atoms with Gasteiger partial charge in [0.15, 0.2) is 0 Å². The molecule has 3 N–H and O–H groups in total. The van der Waals surface area contributed by atoms with Gasteiger partial charge in [-0.25, -0.2) is 4.39 Å². The molecule has 9 heteroatoms. The molecular weight excluding hydrogens is 453 g/mol. The maximum absolute atomic E-state index is 13.0. The SMILES string of the molecule is COc1ccc2c(c1)OCCNC(=O)[C@@H](NC(=O)CCCc1ccc(F)cc1)CCCCNC2=O. The van der Waals surface area contributed by atoms with Crippen molar-refractivity contribution in [2.75, 3.05) is 26.8 Å². The van der Waals surface area contributed by atoms with Gasteiger partial charge in [0.05, 0.1) is 19.2 Å². The summed E-state index contributed by atoms with van der Waals surface area (Å²) in [5.74, 6) is -0.0792. The third kappa shape index (κ3) is 8.27. The fraction of sp³-hybridized carbons (Fsp3) is 0.423. The molecule has 0 spiro atoms. The molecule has 0 unspecified atom stereocenters. The van der Waals surface area contributed by atoms with Crippen LogP contribution < -0.4 is 25.4 Å². The predicted octanol–water partition coefficient (Wildman–Crippen LogP) is 2.75. The summed E-state index contributed by atoms with van der Waals surface area (Å²) < 4.78 is 24.0. The number of halogens is 1. The molecule has 1 atom stereocenters. The minimum atomic E-state index is -0.667. The van der Waals surface area contributed by atoms with Crippen LogP contribution in [0.5, 0.6) is 11.5 Å². The summed E-state index contributed by atoms with van der Waals surface area (Å²) in [5, 5.41) is 8.50. The number of methoxy groups -OCH3 is 1. The van der Waals surface area contributed by atoms with Gasteiger partial charge < -0.3 is 25.4 Å². The average Bonchev–Trinajstić information content (AvgIpc) is 2.86. The van der Waals surface area contributed by atoms with E-state index < -0.39 is 6.04 Å². The van der Waals surface area contributed by atoms with E-state index in [1.807, 2.05) is 0 Å². The van der Waals surface area contributed by atoms with Crippen LogP contribution in [0.2, 0.25) is 0 Å². The van der Waals surface area contributed by atoms with E-state index in [0.29, 0.717) is 55.7 Å². The first-order valence-corrected chi connectivity index (χ1v) is 11.9. The number of ether oxygens (including phenoxy) is 2. The molecule has 0 radical (unpaired) electrons. The molecule has 0 bridgehead atoms. The summed E-state index contributed by atoms with van der Waals surface area (Å²) in [6, 6.07) is 10.5. The van der Waals surface area contributed by atoms with Crippen LogP contribution in [0.15, 0.2) is 42.5 Å². The molecule has 0 saturated carbocycles. The van der Waals surface area contributed by atoms with Crippen molar-refractivity contribution >= 4 is 17.7 Å². The minimum absolute atomic E-state index is 0.150. The molecule has 3 amide bonds. The van der Waals surface area contributed by atoms with Crippen LogP contribution in [0.25, 0.3) is 0 Å². The highest BCUT2D eigenvalue weighted by Crippen LogP contribution is 2.25. The monoisotopic (exact) mass is 485 g/mol. The van der Waals surface area contributed by atoms with E-state index in [1.165, 1.54) is 19.2 Å². The summed E-state index contributed by atoms with van der Waals surface area (Å²) in [7, 11) is 1.53. The molecule has 0 aliphatic carbocycles. The Morgan fingerprint density at radius 3 is 2.69 bits per heavy atom. The molecule has 2 aromatic carbocycles. The van der Waals surface area contributed by atoms with Crippen molar-refractivity contribution in [2.24, 2.45) is 0 Å². The lowest BCUT2D eigenvalue weighted by atomic mass is 10.1. The Balaban J connectivity index is 1.54. The molecule has 8 nitrogen and oxygen atoms in total. The molecular formula is C26H32FN3O5. The van der Waals surface area contributed by atoms with Crippen molar-refractivity contribution in [2.45, 2.75) is 44.6 Å². The largest absolute Gasteiger partial charge is 0.497 e. The lowest BCUT2D eigenvalue weighted by Crippen LogP contribution is -2.47. The van der Waals surface area contributed by atoms with Crippen LogP contribution >= 0.6 is 0 Å². The second-order valence-corrected chi connectivity index (χ2v) is 8.35. The van der Waals surface area contributed by atoms with Crippen LogP contribution in [-0.2, 0) is 16.0 Å². The first-order chi connectivity index (χ1) is 17.0. The number of rotatable bonds is 6. The summed E-state index contributed by atoms with van der Waals surface area (Å²) in [6.45, 7) is 0.801. The van der Waals surface area contributed by atoms with Gasteiger partial charge >= 0.3 is 0 Å². The van der Waals surface area contributed by atoms with E-state index in [4.69, 9.17) is 9.47 Å². The highest BCUT2D eigenvalue weighted by Gasteiger charge is 2.21. The van der Waals surface area contributed by atoms with Gasteiger partial charge in [-0.15, -0.1) is 0 Å². The standard InChI is InChI=1S/C26H32FN3O5/c1-34-20-12-13-21-23(17-20)35-16-15-29-26(33)22(6-2-3-14-28-25(21)32)30-24(31)7-4-5-18-8-10-19(27)11-9-18/h8-13,17,22H,2-7,14-16H2,1H3,(H,28,32)(H,29,33)(H,30,31)/t22-/m0/s1. The molecule has 0 saturated heterocycles. The van der Waals surface area contributed by atoms with Crippen molar-refractivity contribution in [1.82, 2.24) is 16.0 Å². The Kier molecular flexibility index (Phi) is 9.89. The highest BCUT2D eigenvalue weighted by molar-refractivity contribution is 5.97. The zero-order valence-electron chi connectivity index (χ0n) is 19.9. The average molecular weight is 486 g/mol. The number of nitrogens with one attached hydrogen (secondary N) is 3. The number of hydrogen-bond donors (Lipinski definition) is 3. The van der Waals surface area contributed by atoms with Crippen LogP contribution in [-0.4, -0.2) is 50.6 Å². The zero-order valence-corrected chi connectivity index (χ0v) is 19.9. The first kappa shape index (κ1) is 26.0. The number of carbonyl (C=O) groups excluding carboxylic acids is 3. The quantitative estimate of drug-likeness (QED) is 0.584. The van der Waals surface area contributed by atoms with Gasteiger partial charge in [0.1, 0.15) is 30.0 Å². The number of fused-ring (bicyclic) bond motifs is 1. The van der Waals surface area contributed by atoms with Crippen molar-refractivity contribution < 1.29 is 28.2 Å². The molecule has 0 fully saturated rings. The Morgan fingerprint density at radius 1 is 1.11 bits per heavy atom. The maximum Gasteiger partial charge on any atom is 0.255 e. The molecule has 188 valence electrons. The number of hydrogen-bond acceptors (Lipinski definition) is 5. The van der Waals surface area contributed by atoms with Crippen molar-refractivity contribution in [3.63, 3.8) is 0 Å². The van der Waals surface area contributed by atoms with Crippen LogP contribution in [0.1, 0.15) is 48.0 Å². The smallest absolute Gasteiger partial charge is 0.255 e. The van der Waals surface area contributed by atoms with Gasteiger partial charge in [-0.1, -0.05) is 12.1 Å². The normalized spacial score (nSPS) is 17.1. The van der Waals surface area contributed by atoms with E-state index in [9.17, 15) is 18.8 Å². The van der Waals surface area contributed by atoms with Gasteiger partial charge in [-0.2, -0.15) is 0 Å². The Labute approximate surface area is 204 Å². The summed E-state index contributed by atoms with van der Waals surface area (Å²) in [4.78, 5) is 37.8. The molecule has 2 aromatic rings. The van der Waals surface area contributed by atoms with Crippen molar-refractivity contribution in [3.05, 3.63) is 59.4 Å². The topological polar surface area (TPSA) is 106 Å². The number of carbonyl (C=O) groups is 3. The van der Waals surface area contributed by atoms with Crippen LogP contribution in [0.3, 0.4) is 0 Å². The second kappa shape index (κ2) is 13.3. The summed E-state index contributed by atoms with van der Waals surface area (Å²) >= 11 is 0. The minimum Gasteiger partial charge on any atom is -0.497 e. The molecule has 1 aliphatic heterocycles. The van der Waals surface area contributed by atoms with Crippen molar-refractivity contribution in [1.29, 1.82) is 0 Å². The molecule has 0 aromatic heterocycles. The molecule has 35 heavy (non-hydrogen) atoms. The fourth-order valence-electron chi connectivity index (χ4n) is 3.81. The van der Waals surface area contributed by atoms with Gasteiger partial charge in [-0.3, -0.25) is 14.4 Å². The van der Waals surface area contributed by atoms with Crippen LogP contribution in [0, 0.1) is 5.82 Å². The molecule has 3 rings (SSSR count). The lowest BCUT2D eigenvalue weighted by Gasteiger charge is -2.20. The lowest BCUT2D eigenvalue weighted by molar-refractivity contribution is -0.129. The maximum atomic E-state index is 13.0. The second-order valence-electron chi connectivity index (χ2n) is 8.35. The van der Waals surface area contributed by atoms with Crippen LogP contribution in [0.4, 0.5) is 4.39 Å². The van der Waals surface area contributed by atoms with Gasteiger partial charge in [0.25, 0.3) is 5.91 Å². The van der Waals surface area contributed by atoms with Gasteiger partial charge in [0, 0.05) is 19.0 Å². The van der Waals surface area contributed by atoms with E-state index in [2.05, 4.69) is 16.0 Å².